The SMILES string of the molecule is CCCNC(=O)CCCCCCCCCCCCCCCC(=O)Nc1ccc2c(c1)C(COC(C)=O)c1ccccc1-2.O=S(=O)=O. The molecule has 0 aliphatic heterocycles. The van der Waals surface area contributed by atoms with Gasteiger partial charge in [0.05, 0.1) is 0 Å². The number of benzene rings is 2. The second-order valence-electron chi connectivity index (χ2n) is 11.9. The first-order chi connectivity index (χ1) is 22.2. The minimum absolute atomic E-state index is 0.0159. The maximum Gasteiger partial charge on any atom is 0.425 e. The van der Waals surface area contributed by atoms with Crippen LogP contribution in [0.25, 0.3) is 11.1 Å². The van der Waals surface area contributed by atoms with Gasteiger partial charge < -0.3 is 15.4 Å². The Bertz CT molecular complexity index is 1340. The van der Waals surface area contributed by atoms with Crippen molar-refractivity contribution in [3.05, 3.63) is 53.6 Å². The third-order valence-electron chi connectivity index (χ3n) is 8.17. The van der Waals surface area contributed by atoms with E-state index in [4.69, 9.17) is 17.4 Å². The third-order valence-corrected chi connectivity index (χ3v) is 8.17. The van der Waals surface area contributed by atoms with Crippen LogP contribution in [0, 0.1) is 0 Å². The Labute approximate surface area is 276 Å². The summed E-state index contributed by atoms with van der Waals surface area (Å²) in [5, 5.41) is 6.02. The summed E-state index contributed by atoms with van der Waals surface area (Å²) in [6, 6.07) is 14.3. The van der Waals surface area contributed by atoms with Crippen molar-refractivity contribution >= 4 is 34.1 Å². The predicted molar refractivity (Wildman–Crippen MR) is 181 cm³/mol. The van der Waals surface area contributed by atoms with Crippen LogP contribution in [0.5, 0.6) is 0 Å². The number of rotatable bonds is 21. The van der Waals surface area contributed by atoms with Gasteiger partial charge in [-0.15, -0.1) is 12.6 Å². The number of amides is 2. The molecule has 9 nitrogen and oxygen atoms in total. The number of carbonyl (C=O) groups excluding carboxylic acids is 3. The monoisotopic (exact) mass is 656 g/mol. The summed E-state index contributed by atoms with van der Waals surface area (Å²) < 4.78 is 30.7. The third kappa shape index (κ3) is 15.7. The molecule has 10 heteroatoms. The molecular formula is C36H52N2O7S. The first-order valence-corrected chi connectivity index (χ1v) is 17.9. The number of esters is 1. The standard InChI is InChI=1S/C36H52N2O4.O3S/c1-3-25-37-35(40)21-15-13-11-9-7-5-4-6-8-10-12-14-16-22-36(41)38-29-23-24-32-30-19-17-18-20-31(30)34(33(32)26-29)27-42-28(2)39;1-4(2)3/h17-20,23-24,26,34H,3-16,21-22,25,27H2,1-2H3,(H,37,40)(H,38,41);. The lowest BCUT2D eigenvalue weighted by Gasteiger charge is -2.14. The average Bonchev–Trinajstić information content (AvgIpc) is 3.33. The molecule has 2 aromatic carbocycles. The fourth-order valence-corrected chi connectivity index (χ4v) is 5.86. The highest BCUT2D eigenvalue weighted by Gasteiger charge is 2.29. The summed E-state index contributed by atoms with van der Waals surface area (Å²) >= 11 is 0. The highest BCUT2D eigenvalue weighted by atomic mass is 32.2. The van der Waals surface area contributed by atoms with Crippen molar-refractivity contribution in [3.8, 4) is 11.1 Å². The molecule has 3 rings (SSSR count). The van der Waals surface area contributed by atoms with Gasteiger partial charge in [-0.2, -0.15) is 0 Å². The van der Waals surface area contributed by atoms with Crippen LogP contribution in [-0.2, 0) is 29.7 Å². The van der Waals surface area contributed by atoms with E-state index >= 15 is 0 Å². The quantitative estimate of drug-likeness (QED) is 0.104. The lowest BCUT2D eigenvalue weighted by Crippen LogP contribution is -2.23. The lowest BCUT2D eigenvalue weighted by atomic mass is 9.97. The molecular weight excluding hydrogens is 604 g/mol. The molecule has 2 aromatic rings. The summed E-state index contributed by atoms with van der Waals surface area (Å²) in [7, 11) is -3.11. The van der Waals surface area contributed by atoms with Crippen LogP contribution in [-0.4, -0.2) is 43.6 Å². The van der Waals surface area contributed by atoms with E-state index in [9.17, 15) is 14.4 Å². The Morgan fingerprint density at radius 2 is 1.20 bits per heavy atom. The van der Waals surface area contributed by atoms with Crippen molar-refractivity contribution in [2.24, 2.45) is 0 Å². The highest BCUT2D eigenvalue weighted by molar-refractivity contribution is 7.59. The van der Waals surface area contributed by atoms with Gasteiger partial charge in [0, 0.05) is 37.9 Å². The number of carbonyl (C=O) groups is 3. The summed E-state index contributed by atoms with van der Waals surface area (Å²) in [4.78, 5) is 35.7. The summed E-state index contributed by atoms with van der Waals surface area (Å²) in [5.41, 5.74) is 5.36. The molecule has 0 bridgehead atoms. The Morgan fingerprint density at radius 3 is 1.74 bits per heavy atom. The minimum Gasteiger partial charge on any atom is -0.465 e. The fourth-order valence-electron chi connectivity index (χ4n) is 5.86. The molecule has 0 saturated heterocycles. The lowest BCUT2D eigenvalue weighted by molar-refractivity contribution is -0.141. The van der Waals surface area contributed by atoms with E-state index in [1.54, 1.807) is 0 Å². The molecule has 1 unspecified atom stereocenters. The van der Waals surface area contributed by atoms with Crippen molar-refractivity contribution < 1.29 is 31.7 Å². The molecule has 254 valence electrons. The molecule has 0 saturated carbocycles. The number of fused-ring (bicyclic) bond motifs is 3. The Morgan fingerprint density at radius 1 is 0.696 bits per heavy atom. The van der Waals surface area contributed by atoms with Crippen LogP contribution >= 0.6 is 0 Å². The van der Waals surface area contributed by atoms with E-state index in [2.05, 4.69) is 35.8 Å². The van der Waals surface area contributed by atoms with Crippen LogP contribution in [0.3, 0.4) is 0 Å². The number of nitrogens with one attached hydrogen (secondary N) is 2. The van der Waals surface area contributed by atoms with Gasteiger partial charge >= 0.3 is 16.6 Å². The second-order valence-corrected chi connectivity index (χ2v) is 12.4. The number of hydrogen-bond donors (Lipinski definition) is 2. The van der Waals surface area contributed by atoms with Crippen molar-refractivity contribution in [3.63, 3.8) is 0 Å². The number of ether oxygens (including phenoxy) is 1. The van der Waals surface area contributed by atoms with Crippen LogP contribution in [0.2, 0.25) is 0 Å². The van der Waals surface area contributed by atoms with Crippen molar-refractivity contribution in [1.29, 1.82) is 0 Å². The Kier molecular flexibility index (Phi) is 19.2. The Balaban J connectivity index is 0.00000173. The van der Waals surface area contributed by atoms with E-state index in [-0.39, 0.29) is 23.7 Å². The van der Waals surface area contributed by atoms with Crippen LogP contribution < -0.4 is 10.6 Å². The van der Waals surface area contributed by atoms with E-state index < -0.39 is 10.6 Å². The van der Waals surface area contributed by atoms with Crippen molar-refractivity contribution in [1.82, 2.24) is 5.32 Å². The molecule has 2 N–H and O–H groups in total. The Hall–Kier alpha value is -3.53. The molecule has 0 aromatic heterocycles. The number of unbranched alkanes of at least 4 members (excludes halogenated alkanes) is 12. The van der Waals surface area contributed by atoms with Gasteiger partial charge in [-0.05, 0) is 53.6 Å². The van der Waals surface area contributed by atoms with Crippen LogP contribution in [0.1, 0.15) is 134 Å². The zero-order chi connectivity index (χ0) is 33.6. The molecule has 0 fully saturated rings. The number of hydrogen-bond acceptors (Lipinski definition) is 7. The largest absolute Gasteiger partial charge is 0.465 e. The average molecular weight is 657 g/mol. The van der Waals surface area contributed by atoms with E-state index in [1.165, 1.54) is 70.3 Å². The van der Waals surface area contributed by atoms with Crippen LogP contribution in [0.15, 0.2) is 42.5 Å². The zero-order valence-corrected chi connectivity index (χ0v) is 28.4. The van der Waals surface area contributed by atoms with E-state index in [1.807, 2.05) is 24.3 Å². The smallest absolute Gasteiger partial charge is 0.425 e. The molecule has 0 heterocycles. The summed E-state index contributed by atoms with van der Waals surface area (Å²) in [6.07, 6.45) is 17.9. The molecule has 0 radical (unpaired) electrons. The topological polar surface area (TPSA) is 136 Å². The van der Waals surface area contributed by atoms with Gasteiger partial charge in [-0.25, -0.2) is 0 Å². The molecule has 46 heavy (non-hydrogen) atoms. The fraction of sp³-hybridized carbons (Fsp3) is 0.583. The van der Waals surface area contributed by atoms with Gasteiger partial charge in [0.2, 0.25) is 11.8 Å². The molecule has 0 spiro atoms. The highest BCUT2D eigenvalue weighted by Crippen LogP contribution is 2.45. The number of anilines is 1. The first-order valence-electron chi connectivity index (χ1n) is 16.9. The van der Waals surface area contributed by atoms with E-state index in [0.717, 1.165) is 61.0 Å². The van der Waals surface area contributed by atoms with Crippen molar-refractivity contribution in [2.75, 3.05) is 18.5 Å². The van der Waals surface area contributed by atoms with Crippen molar-refractivity contribution in [2.45, 2.75) is 122 Å². The molecule has 1 aliphatic carbocycles. The van der Waals surface area contributed by atoms with Crippen LogP contribution in [0.4, 0.5) is 5.69 Å². The predicted octanol–water partition coefficient (Wildman–Crippen LogP) is 7.67. The maximum atomic E-state index is 12.6. The molecule has 1 atom stereocenters. The van der Waals surface area contributed by atoms with Gasteiger partial charge in [-0.1, -0.05) is 108 Å². The summed E-state index contributed by atoms with van der Waals surface area (Å²) in [6.45, 7) is 4.61. The van der Waals surface area contributed by atoms with Gasteiger partial charge in [0.25, 0.3) is 0 Å². The molecule has 2 amide bonds. The minimum atomic E-state index is -3.11. The van der Waals surface area contributed by atoms with Gasteiger partial charge in [0.1, 0.15) is 6.61 Å². The van der Waals surface area contributed by atoms with Gasteiger partial charge in [0.15, 0.2) is 0 Å². The first kappa shape index (κ1) is 38.7. The summed E-state index contributed by atoms with van der Waals surface area (Å²) in [5.74, 6) is -0.0380. The second kappa shape index (κ2) is 22.9. The van der Waals surface area contributed by atoms with Gasteiger partial charge in [-0.3, -0.25) is 14.4 Å². The van der Waals surface area contributed by atoms with E-state index in [0.29, 0.717) is 19.4 Å². The zero-order valence-electron chi connectivity index (χ0n) is 27.6. The normalized spacial score (nSPS) is 12.7. The maximum absolute atomic E-state index is 12.6. The molecule has 1 aliphatic rings.